The van der Waals surface area contributed by atoms with Crippen LogP contribution in [0.25, 0.3) is 0 Å². The number of esters is 1. The standard InChI is InChI=1S/C16H17Cl2N3O3/c1-23-13-4-2-11(8-12(13)17)3-5-16(22)24-7-6-20-15-10-19-9-14(18)21-15/h2,4,8-10H,3,5-7H2,1H3,(H,20,21). The van der Waals surface area contributed by atoms with Gasteiger partial charge in [0.1, 0.15) is 23.3 Å². The molecule has 0 fully saturated rings. The van der Waals surface area contributed by atoms with Crippen LogP contribution < -0.4 is 10.1 Å². The van der Waals surface area contributed by atoms with E-state index in [4.69, 9.17) is 32.7 Å². The van der Waals surface area contributed by atoms with Crippen LogP contribution in [0.2, 0.25) is 10.2 Å². The Morgan fingerprint density at radius 3 is 2.83 bits per heavy atom. The minimum absolute atomic E-state index is 0.233. The Morgan fingerprint density at radius 1 is 1.29 bits per heavy atom. The summed E-state index contributed by atoms with van der Waals surface area (Å²) in [4.78, 5) is 19.6. The number of ether oxygens (including phenoxy) is 2. The van der Waals surface area contributed by atoms with E-state index in [2.05, 4.69) is 15.3 Å². The molecule has 2 rings (SSSR count). The van der Waals surface area contributed by atoms with Crippen molar-refractivity contribution >= 4 is 35.0 Å². The molecule has 0 bridgehead atoms. The third-order valence-electron chi connectivity index (χ3n) is 3.11. The van der Waals surface area contributed by atoms with E-state index in [9.17, 15) is 4.79 Å². The summed E-state index contributed by atoms with van der Waals surface area (Å²) >= 11 is 11.8. The smallest absolute Gasteiger partial charge is 0.306 e. The Morgan fingerprint density at radius 2 is 2.12 bits per heavy atom. The zero-order valence-corrected chi connectivity index (χ0v) is 14.6. The summed E-state index contributed by atoms with van der Waals surface area (Å²) < 4.78 is 10.2. The lowest BCUT2D eigenvalue weighted by Crippen LogP contribution is -2.14. The summed E-state index contributed by atoms with van der Waals surface area (Å²) in [6, 6.07) is 5.43. The molecule has 0 aliphatic heterocycles. The van der Waals surface area contributed by atoms with Crippen molar-refractivity contribution < 1.29 is 14.3 Å². The van der Waals surface area contributed by atoms with Gasteiger partial charge in [-0.1, -0.05) is 29.3 Å². The molecular formula is C16H17Cl2N3O3. The summed E-state index contributed by atoms with van der Waals surface area (Å²) in [6.07, 6.45) is 3.81. The molecule has 0 amide bonds. The van der Waals surface area contributed by atoms with E-state index in [1.807, 2.05) is 6.07 Å². The summed E-state index contributed by atoms with van der Waals surface area (Å²) in [7, 11) is 1.56. The van der Waals surface area contributed by atoms with Gasteiger partial charge in [-0.2, -0.15) is 0 Å². The second-order valence-corrected chi connectivity index (χ2v) is 5.64. The maximum absolute atomic E-state index is 11.7. The van der Waals surface area contributed by atoms with Crippen molar-refractivity contribution in [3.05, 3.63) is 46.3 Å². The lowest BCUT2D eigenvalue weighted by atomic mass is 10.1. The van der Waals surface area contributed by atoms with E-state index in [1.54, 1.807) is 25.4 Å². The van der Waals surface area contributed by atoms with Gasteiger partial charge in [0.25, 0.3) is 0 Å². The fourth-order valence-corrected chi connectivity index (χ4v) is 2.38. The number of rotatable bonds is 8. The van der Waals surface area contributed by atoms with Crippen molar-refractivity contribution in [2.24, 2.45) is 0 Å². The minimum atomic E-state index is -0.277. The Hall–Kier alpha value is -2.05. The van der Waals surface area contributed by atoms with Crippen LogP contribution in [-0.2, 0) is 16.0 Å². The van der Waals surface area contributed by atoms with E-state index in [0.717, 1.165) is 5.56 Å². The molecule has 1 N–H and O–H groups in total. The van der Waals surface area contributed by atoms with Gasteiger partial charge in [-0.3, -0.25) is 9.78 Å². The molecule has 0 aliphatic carbocycles. The van der Waals surface area contributed by atoms with Crippen molar-refractivity contribution in [1.29, 1.82) is 0 Å². The van der Waals surface area contributed by atoms with Crippen molar-refractivity contribution in [2.75, 3.05) is 25.6 Å². The largest absolute Gasteiger partial charge is 0.495 e. The first-order valence-electron chi connectivity index (χ1n) is 7.28. The lowest BCUT2D eigenvalue weighted by molar-refractivity contribution is -0.143. The highest BCUT2D eigenvalue weighted by Crippen LogP contribution is 2.25. The van der Waals surface area contributed by atoms with Crippen LogP contribution in [-0.4, -0.2) is 36.2 Å². The molecule has 8 heteroatoms. The summed E-state index contributed by atoms with van der Waals surface area (Å²) in [6.45, 7) is 0.658. The van der Waals surface area contributed by atoms with Crippen LogP contribution in [0.1, 0.15) is 12.0 Å². The number of carbonyl (C=O) groups is 1. The molecule has 6 nitrogen and oxygen atoms in total. The zero-order chi connectivity index (χ0) is 17.4. The lowest BCUT2D eigenvalue weighted by Gasteiger charge is -2.08. The number of hydrogen-bond donors (Lipinski definition) is 1. The predicted molar refractivity (Wildman–Crippen MR) is 92.8 cm³/mol. The number of aryl methyl sites for hydroxylation is 1. The number of nitrogens with zero attached hydrogens (tertiary/aromatic N) is 2. The van der Waals surface area contributed by atoms with Crippen LogP contribution in [0.5, 0.6) is 5.75 Å². The molecule has 0 unspecified atom stereocenters. The van der Waals surface area contributed by atoms with E-state index >= 15 is 0 Å². The van der Waals surface area contributed by atoms with Gasteiger partial charge in [-0.25, -0.2) is 4.98 Å². The second-order valence-electron chi connectivity index (χ2n) is 4.84. The normalized spacial score (nSPS) is 10.3. The molecule has 1 heterocycles. The van der Waals surface area contributed by atoms with Crippen LogP contribution in [0.15, 0.2) is 30.6 Å². The van der Waals surface area contributed by atoms with Crippen LogP contribution in [0.3, 0.4) is 0 Å². The number of methoxy groups -OCH3 is 1. The molecule has 0 saturated carbocycles. The van der Waals surface area contributed by atoms with Crippen molar-refractivity contribution in [1.82, 2.24) is 9.97 Å². The Labute approximate surface area is 150 Å². The molecule has 24 heavy (non-hydrogen) atoms. The molecule has 0 aliphatic rings. The highest BCUT2D eigenvalue weighted by Gasteiger charge is 2.06. The van der Waals surface area contributed by atoms with Gasteiger partial charge in [-0.15, -0.1) is 0 Å². The monoisotopic (exact) mass is 369 g/mol. The zero-order valence-electron chi connectivity index (χ0n) is 13.1. The summed E-state index contributed by atoms with van der Waals surface area (Å²) in [5.41, 5.74) is 0.949. The Balaban J connectivity index is 1.67. The molecule has 1 aromatic carbocycles. The highest BCUT2D eigenvalue weighted by molar-refractivity contribution is 6.32. The Kier molecular flexibility index (Phi) is 7.08. The number of hydrogen-bond acceptors (Lipinski definition) is 6. The van der Waals surface area contributed by atoms with Gasteiger partial charge in [0.15, 0.2) is 0 Å². The molecule has 128 valence electrons. The quantitative estimate of drug-likeness (QED) is 0.567. The van der Waals surface area contributed by atoms with Gasteiger partial charge < -0.3 is 14.8 Å². The summed E-state index contributed by atoms with van der Waals surface area (Å²) in [5, 5.41) is 3.79. The van der Waals surface area contributed by atoms with Crippen molar-refractivity contribution in [2.45, 2.75) is 12.8 Å². The highest BCUT2D eigenvalue weighted by atomic mass is 35.5. The summed E-state index contributed by atoms with van der Waals surface area (Å²) in [5.74, 6) is 0.866. The first-order valence-corrected chi connectivity index (χ1v) is 8.03. The molecular weight excluding hydrogens is 353 g/mol. The number of anilines is 1. The first-order chi connectivity index (χ1) is 11.6. The van der Waals surface area contributed by atoms with Crippen molar-refractivity contribution in [3.8, 4) is 5.75 Å². The van der Waals surface area contributed by atoms with Crippen molar-refractivity contribution in [3.63, 3.8) is 0 Å². The maximum Gasteiger partial charge on any atom is 0.306 e. The van der Waals surface area contributed by atoms with E-state index in [0.29, 0.717) is 34.7 Å². The second kappa shape index (κ2) is 9.30. The van der Waals surface area contributed by atoms with Gasteiger partial charge in [-0.05, 0) is 24.1 Å². The fraction of sp³-hybridized carbons (Fsp3) is 0.312. The first kappa shape index (κ1) is 18.3. The van der Waals surface area contributed by atoms with Gasteiger partial charge in [0.05, 0.1) is 31.1 Å². The third-order valence-corrected chi connectivity index (χ3v) is 3.59. The molecule has 1 aromatic heterocycles. The van der Waals surface area contributed by atoms with Crippen LogP contribution in [0.4, 0.5) is 5.82 Å². The molecule has 0 radical (unpaired) electrons. The Bertz CT molecular complexity index is 698. The van der Waals surface area contributed by atoms with E-state index in [1.165, 1.54) is 6.20 Å². The molecule has 0 spiro atoms. The number of carbonyl (C=O) groups excluding carboxylic acids is 1. The SMILES string of the molecule is COc1ccc(CCC(=O)OCCNc2cncc(Cl)n2)cc1Cl. The average Bonchev–Trinajstić information content (AvgIpc) is 2.57. The molecule has 0 saturated heterocycles. The minimum Gasteiger partial charge on any atom is -0.495 e. The molecule has 0 atom stereocenters. The average molecular weight is 370 g/mol. The number of benzene rings is 1. The predicted octanol–water partition coefficient (Wildman–Crippen LogP) is 3.38. The van der Waals surface area contributed by atoms with Crippen LogP contribution in [0, 0.1) is 0 Å². The van der Waals surface area contributed by atoms with Gasteiger partial charge >= 0.3 is 5.97 Å². The van der Waals surface area contributed by atoms with E-state index in [-0.39, 0.29) is 19.0 Å². The number of nitrogens with one attached hydrogen (secondary N) is 1. The number of aromatic nitrogens is 2. The van der Waals surface area contributed by atoms with Gasteiger partial charge in [0, 0.05) is 6.42 Å². The number of halogens is 2. The third kappa shape index (κ3) is 5.86. The topological polar surface area (TPSA) is 73.3 Å². The van der Waals surface area contributed by atoms with E-state index < -0.39 is 0 Å². The fourth-order valence-electron chi connectivity index (χ4n) is 1.96. The van der Waals surface area contributed by atoms with Crippen LogP contribution >= 0.6 is 23.2 Å². The molecule has 2 aromatic rings. The van der Waals surface area contributed by atoms with Gasteiger partial charge in [0.2, 0.25) is 0 Å². The maximum atomic E-state index is 11.7.